The first-order valence-corrected chi connectivity index (χ1v) is 5.76. The van der Waals surface area contributed by atoms with Crippen molar-refractivity contribution in [2.24, 2.45) is 0 Å². The van der Waals surface area contributed by atoms with Gasteiger partial charge in [-0.25, -0.2) is 0 Å². The summed E-state index contributed by atoms with van der Waals surface area (Å²) in [5.41, 5.74) is 2.26. The molecule has 1 N–H and O–H groups in total. The predicted molar refractivity (Wildman–Crippen MR) is 61.6 cm³/mol. The minimum absolute atomic E-state index is 0.411. The number of aliphatic hydroxyl groups excluding tert-OH is 1. The van der Waals surface area contributed by atoms with Crippen molar-refractivity contribution in [2.45, 2.75) is 32.4 Å². The van der Waals surface area contributed by atoms with Gasteiger partial charge in [-0.2, -0.15) is 0 Å². The first-order valence-electron chi connectivity index (χ1n) is 5.76. The molecule has 1 fully saturated rings. The maximum absolute atomic E-state index is 10.2. The van der Waals surface area contributed by atoms with Crippen molar-refractivity contribution in [3.05, 3.63) is 35.4 Å². The molecule has 0 amide bonds. The Hall–Kier alpha value is -0.860. The molecule has 1 heterocycles. The van der Waals surface area contributed by atoms with E-state index in [1.165, 1.54) is 24.8 Å². The van der Waals surface area contributed by atoms with Crippen molar-refractivity contribution < 1.29 is 5.11 Å². The van der Waals surface area contributed by atoms with Gasteiger partial charge in [-0.15, -0.1) is 0 Å². The summed E-state index contributed by atoms with van der Waals surface area (Å²) < 4.78 is 0. The van der Waals surface area contributed by atoms with Gasteiger partial charge >= 0.3 is 0 Å². The van der Waals surface area contributed by atoms with Crippen LogP contribution in [0.3, 0.4) is 0 Å². The molecule has 1 unspecified atom stereocenters. The van der Waals surface area contributed by atoms with Crippen LogP contribution < -0.4 is 0 Å². The highest BCUT2D eigenvalue weighted by molar-refractivity contribution is 5.22. The SMILES string of the molecule is Cc1ccc(C(O)N2CCCCC2)cc1. The molecule has 0 radical (unpaired) electrons. The van der Waals surface area contributed by atoms with Crippen molar-refractivity contribution in [3.8, 4) is 0 Å². The molecule has 0 spiro atoms. The lowest BCUT2D eigenvalue weighted by atomic mass is 10.1. The maximum Gasteiger partial charge on any atom is 0.133 e. The first kappa shape index (κ1) is 10.7. The van der Waals surface area contributed by atoms with Crippen LogP contribution in [-0.2, 0) is 0 Å². The lowest BCUT2D eigenvalue weighted by molar-refractivity contribution is -0.00983. The Morgan fingerprint density at radius 1 is 1.07 bits per heavy atom. The Bertz CT molecular complexity index is 301. The molecule has 82 valence electrons. The third-order valence-corrected chi connectivity index (χ3v) is 3.11. The van der Waals surface area contributed by atoms with Crippen molar-refractivity contribution in [3.63, 3.8) is 0 Å². The molecule has 2 heteroatoms. The van der Waals surface area contributed by atoms with Crippen molar-refractivity contribution in [2.75, 3.05) is 13.1 Å². The molecule has 1 atom stereocenters. The second-order valence-corrected chi connectivity index (χ2v) is 4.38. The van der Waals surface area contributed by atoms with Crippen LogP contribution in [0.5, 0.6) is 0 Å². The van der Waals surface area contributed by atoms with Gasteiger partial charge in [0.1, 0.15) is 6.23 Å². The van der Waals surface area contributed by atoms with E-state index in [2.05, 4.69) is 24.0 Å². The Labute approximate surface area is 91.5 Å². The topological polar surface area (TPSA) is 23.5 Å². The van der Waals surface area contributed by atoms with E-state index in [9.17, 15) is 5.11 Å². The molecule has 1 aliphatic heterocycles. The minimum atomic E-state index is -0.411. The second-order valence-electron chi connectivity index (χ2n) is 4.38. The van der Waals surface area contributed by atoms with Crippen LogP contribution in [0.2, 0.25) is 0 Å². The van der Waals surface area contributed by atoms with E-state index in [0.717, 1.165) is 18.7 Å². The Morgan fingerprint density at radius 2 is 1.67 bits per heavy atom. The van der Waals surface area contributed by atoms with Crippen LogP contribution in [0.25, 0.3) is 0 Å². The molecule has 0 aromatic heterocycles. The van der Waals surface area contributed by atoms with Crippen LogP contribution >= 0.6 is 0 Å². The largest absolute Gasteiger partial charge is 0.374 e. The summed E-state index contributed by atoms with van der Waals surface area (Å²) >= 11 is 0. The molecule has 1 aromatic rings. The summed E-state index contributed by atoms with van der Waals surface area (Å²) in [6, 6.07) is 8.16. The van der Waals surface area contributed by atoms with Crippen LogP contribution in [0.15, 0.2) is 24.3 Å². The quantitative estimate of drug-likeness (QED) is 0.801. The van der Waals surface area contributed by atoms with Crippen molar-refractivity contribution in [1.82, 2.24) is 4.90 Å². The van der Waals surface area contributed by atoms with Crippen LogP contribution in [0.4, 0.5) is 0 Å². The normalized spacial score (nSPS) is 20.1. The van der Waals surface area contributed by atoms with Crippen molar-refractivity contribution >= 4 is 0 Å². The summed E-state index contributed by atoms with van der Waals surface area (Å²) in [4.78, 5) is 2.16. The highest BCUT2D eigenvalue weighted by atomic mass is 16.3. The lowest BCUT2D eigenvalue weighted by Gasteiger charge is -2.31. The first-order chi connectivity index (χ1) is 7.27. The van der Waals surface area contributed by atoms with Crippen LogP contribution in [-0.4, -0.2) is 23.1 Å². The van der Waals surface area contributed by atoms with Crippen molar-refractivity contribution in [1.29, 1.82) is 0 Å². The van der Waals surface area contributed by atoms with E-state index in [4.69, 9.17) is 0 Å². The lowest BCUT2D eigenvalue weighted by Crippen LogP contribution is -2.33. The third-order valence-electron chi connectivity index (χ3n) is 3.11. The number of piperidine rings is 1. The predicted octanol–water partition coefficient (Wildman–Crippen LogP) is 2.47. The van der Waals surface area contributed by atoms with Gasteiger partial charge in [0, 0.05) is 13.1 Å². The van der Waals surface area contributed by atoms with E-state index < -0.39 is 6.23 Å². The van der Waals surface area contributed by atoms with Crippen LogP contribution in [0.1, 0.15) is 36.6 Å². The highest BCUT2D eigenvalue weighted by Crippen LogP contribution is 2.22. The van der Waals surface area contributed by atoms with E-state index in [1.807, 2.05) is 12.1 Å². The van der Waals surface area contributed by atoms with E-state index in [0.29, 0.717) is 0 Å². The summed E-state index contributed by atoms with van der Waals surface area (Å²) in [5.74, 6) is 0. The zero-order chi connectivity index (χ0) is 10.7. The molecule has 2 nitrogen and oxygen atoms in total. The third kappa shape index (κ3) is 2.58. The van der Waals surface area contributed by atoms with Gasteiger partial charge in [0.25, 0.3) is 0 Å². The van der Waals surface area contributed by atoms with Gasteiger partial charge < -0.3 is 5.11 Å². The number of hydrogen-bond acceptors (Lipinski definition) is 2. The average Bonchev–Trinajstić information content (AvgIpc) is 2.30. The number of rotatable bonds is 2. The maximum atomic E-state index is 10.2. The van der Waals surface area contributed by atoms with Gasteiger partial charge in [0.05, 0.1) is 0 Å². The minimum Gasteiger partial charge on any atom is -0.374 e. The molecular formula is C13H19NO. The Morgan fingerprint density at radius 3 is 2.27 bits per heavy atom. The summed E-state index contributed by atoms with van der Waals surface area (Å²) in [6.07, 6.45) is 3.31. The van der Waals surface area contributed by atoms with Crippen LogP contribution in [0, 0.1) is 6.92 Å². The number of aliphatic hydroxyl groups is 1. The van der Waals surface area contributed by atoms with Gasteiger partial charge in [0.15, 0.2) is 0 Å². The van der Waals surface area contributed by atoms with Gasteiger partial charge in [-0.3, -0.25) is 4.90 Å². The molecule has 1 aromatic carbocycles. The molecule has 0 aliphatic carbocycles. The molecule has 0 saturated carbocycles. The number of hydrogen-bond donors (Lipinski definition) is 1. The monoisotopic (exact) mass is 205 g/mol. The molecule has 1 aliphatic rings. The molecule has 1 saturated heterocycles. The van der Waals surface area contributed by atoms with Gasteiger partial charge in [-0.05, 0) is 25.3 Å². The van der Waals surface area contributed by atoms with E-state index in [-0.39, 0.29) is 0 Å². The number of nitrogens with zero attached hydrogens (tertiary/aromatic N) is 1. The van der Waals surface area contributed by atoms with Gasteiger partial charge in [0.2, 0.25) is 0 Å². The summed E-state index contributed by atoms with van der Waals surface area (Å²) in [6.45, 7) is 4.11. The summed E-state index contributed by atoms with van der Waals surface area (Å²) in [5, 5.41) is 10.2. The Balaban J connectivity index is 2.05. The fourth-order valence-electron chi connectivity index (χ4n) is 2.11. The van der Waals surface area contributed by atoms with E-state index >= 15 is 0 Å². The molecular weight excluding hydrogens is 186 g/mol. The summed E-state index contributed by atoms with van der Waals surface area (Å²) in [7, 11) is 0. The average molecular weight is 205 g/mol. The zero-order valence-corrected chi connectivity index (χ0v) is 9.32. The molecule has 2 rings (SSSR count). The smallest absolute Gasteiger partial charge is 0.133 e. The standard InChI is InChI=1S/C13H19NO/c1-11-5-7-12(8-6-11)13(15)14-9-3-2-4-10-14/h5-8,13,15H,2-4,9-10H2,1H3. The van der Waals surface area contributed by atoms with E-state index in [1.54, 1.807) is 0 Å². The number of aryl methyl sites for hydroxylation is 1. The molecule has 15 heavy (non-hydrogen) atoms. The second kappa shape index (κ2) is 4.77. The highest BCUT2D eigenvalue weighted by Gasteiger charge is 2.19. The van der Waals surface area contributed by atoms with Gasteiger partial charge in [-0.1, -0.05) is 36.2 Å². The zero-order valence-electron chi connectivity index (χ0n) is 9.32. The number of likely N-dealkylation sites (tertiary alicyclic amines) is 1. The fourth-order valence-corrected chi connectivity index (χ4v) is 2.11. The Kier molecular flexibility index (Phi) is 3.39. The number of benzene rings is 1. The fraction of sp³-hybridized carbons (Fsp3) is 0.538. The molecule has 0 bridgehead atoms.